The standard InChI is InChI=1S/C10H9NO3S2/c1-16(13,14)11-10-8(6-12)7-4-2-3-5-9(7)15-10/h2-6,11H,1H3. The molecule has 0 aliphatic rings. The van der Waals surface area contributed by atoms with Crippen LogP contribution in [0.3, 0.4) is 0 Å². The van der Waals surface area contributed by atoms with Crippen LogP contribution < -0.4 is 4.72 Å². The number of carbonyl (C=O) groups excluding carboxylic acids is 1. The molecule has 0 atom stereocenters. The van der Waals surface area contributed by atoms with Gasteiger partial charge in [-0.2, -0.15) is 0 Å². The molecule has 84 valence electrons. The van der Waals surface area contributed by atoms with E-state index in [0.29, 0.717) is 16.9 Å². The molecule has 0 bridgehead atoms. The SMILES string of the molecule is CS(=O)(=O)Nc1sc2ccccc2c1C=O. The smallest absolute Gasteiger partial charge is 0.230 e. The van der Waals surface area contributed by atoms with Crippen LogP contribution >= 0.6 is 11.3 Å². The molecule has 0 spiro atoms. The van der Waals surface area contributed by atoms with Gasteiger partial charge < -0.3 is 0 Å². The Kier molecular flexibility index (Phi) is 2.69. The lowest BCUT2D eigenvalue weighted by atomic mass is 10.2. The molecule has 0 unspecified atom stereocenters. The minimum absolute atomic E-state index is 0.374. The molecule has 1 N–H and O–H groups in total. The van der Waals surface area contributed by atoms with Crippen molar-refractivity contribution in [2.75, 3.05) is 11.0 Å². The Hall–Kier alpha value is -1.40. The number of benzene rings is 1. The van der Waals surface area contributed by atoms with E-state index >= 15 is 0 Å². The van der Waals surface area contributed by atoms with Gasteiger partial charge in [-0.25, -0.2) is 8.42 Å². The van der Waals surface area contributed by atoms with E-state index in [2.05, 4.69) is 4.72 Å². The molecule has 0 radical (unpaired) electrons. The van der Waals surface area contributed by atoms with Crippen molar-refractivity contribution in [3.63, 3.8) is 0 Å². The maximum atomic E-state index is 11.1. The largest absolute Gasteiger partial charge is 0.298 e. The highest BCUT2D eigenvalue weighted by molar-refractivity contribution is 7.92. The Morgan fingerprint density at radius 3 is 2.62 bits per heavy atom. The predicted octanol–water partition coefficient (Wildman–Crippen LogP) is 2.09. The van der Waals surface area contributed by atoms with Crippen molar-refractivity contribution in [2.24, 2.45) is 0 Å². The maximum absolute atomic E-state index is 11.1. The van der Waals surface area contributed by atoms with Crippen LogP contribution in [-0.4, -0.2) is 21.0 Å². The first-order valence-electron chi connectivity index (χ1n) is 4.46. The van der Waals surface area contributed by atoms with E-state index in [1.54, 1.807) is 6.07 Å². The van der Waals surface area contributed by atoms with Crippen LogP contribution in [0.5, 0.6) is 0 Å². The van der Waals surface area contributed by atoms with Crippen LogP contribution in [0.25, 0.3) is 10.1 Å². The van der Waals surface area contributed by atoms with Gasteiger partial charge in [-0.1, -0.05) is 18.2 Å². The molecular formula is C10H9NO3S2. The van der Waals surface area contributed by atoms with E-state index < -0.39 is 10.0 Å². The maximum Gasteiger partial charge on any atom is 0.230 e. The number of fused-ring (bicyclic) bond motifs is 1. The third-order valence-electron chi connectivity index (χ3n) is 2.03. The van der Waals surface area contributed by atoms with Gasteiger partial charge in [0.15, 0.2) is 6.29 Å². The number of thiophene rings is 1. The van der Waals surface area contributed by atoms with E-state index in [9.17, 15) is 13.2 Å². The zero-order valence-corrected chi connectivity index (χ0v) is 10.1. The van der Waals surface area contributed by atoms with Crippen molar-refractivity contribution in [3.05, 3.63) is 29.8 Å². The monoisotopic (exact) mass is 255 g/mol. The number of anilines is 1. The Morgan fingerprint density at radius 1 is 1.31 bits per heavy atom. The summed E-state index contributed by atoms with van der Waals surface area (Å²) in [6.45, 7) is 0. The van der Waals surface area contributed by atoms with Gasteiger partial charge in [0.05, 0.1) is 11.8 Å². The molecule has 2 aromatic rings. The van der Waals surface area contributed by atoms with Gasteiger partial charge in [0.2, 0.25) is 10.0 Å². The van der Waals surface area contributed by atoms with Crippen molar-refractivity contribution in [3.8, 4) is 0 Å². The van der Waals surface area contributed by atoms with Crippen LogP contribution in [-0.2, 0) is 10.0 Å². The van der Waals surface area contributed by atoms with Crippen LogP contribution in [0.15, 0.2) is 24.3 Å². The Labute approximate surface area is 97.0 Å². The number of aldehydes is 1. The van der Waals surface area contributed by atoms with Gasteiger partial charge in [-0.3, -0.25) is 9.52 Å². The fraction of sp³-hybridized carbons (Fsp3) is 0.100. The molecule has 1 aromatic carbocycles. The third-order valence-corrected chi connectivity index (χ3v) is 3.84. The minimum atomic E-state index is -3.36. The summed E-state index contributed by atoms with van der Waals surface area (Å²) in [5, 5.41) is 1.15. The van der Waals surface area contributed by atoms with Gasteiger partial charge in [-0.15, -0.1) is 11.3 Å². The molecule has 6 heteroatoms. The number of sulfonamides is 1. The lowest BCUT2D eigenvalue weighted by Gasteiger charge is -2.00. The fourth-order valence-corrected chi connectivity index (χ4v) is 3.42. The molecule has 1 aromatic heterocycles. The highest BCUT2D eigenvalue weighted by Crippen LogP contribution is 2.34. The van der Waals surface area contributed by atoms with Gasteiger partial charge >= 0.3 is 0 Å². The van der Waals surface area contributed by atoms with Gasteiger partial charge in [0.1, 0.15) is 5.00 Å². The quantitative estimate of drug-likeness (QED) is 0.854. The van der Waals surface area contributed by atoms with Gasteiger partial charge in [0, 0.05) is 10.1 Å². The van der Waals surface area contributed by atoms with Crippen molar-refractivity contribution >= 4 is 42.7 Å². The average Bonchev–Trinajstić information content (AvgIpc) is 2.51. The Bertz CT molecular complexity index is 643. The molecule has 0 amide bonds. The first kappa shape index (κ1) is 11.1. The molecule has 1 heterocycles. The first-order chi connectivity index (χ1) is 7.51. The Balaban J connectivity index is 2.66. The van der Waals surface area contributed by atoms with E-state index in [0.717, 1.165) is 16.3 Å². The summed E-state index contributed by atoms with van der Waals surface area (Å²) in [6.07, 6.45) is 1.73. The summed E-state index contributed by atoms with van der Waals surface area (Å²) in [7, 11) is -3.36. The lowest BCUT2D eigenvalue weighted by molar-refractivity contribution is 0.112. The molecule has 16 heavy (non-hydrogen) atoms. The van der Waals surface area contributed by atoms with Crippen LogP contribution in [0.1, 0.15) is 10.4 Å². The summed E-state index contributed by atoms with van der Waals surface area (Å²) in [6, 6.07) is 7.30. The number of hydrogen-bond acceptors (Lipinski definition) is 4. The topological polar surface area (TPSA) is 63.2 Å². The van der Waals surface area contributed by atoms with E-state index in [1.165, 1.54) is 11.3 Å². The zero-order chi connectivity index (χ0) is 11.8. The van der Waals surface area contributed by atoms with Crippen molar-refractivity contribution < 1.29 is 13.2 Å². The van der Waals surface area contributed by atoms with Crippen molar-refractivity contribution in [2.45, 2.75) is 0 Å². The molecule has 0 aliphatic heterocycles. The van der Waals surface area contributed by atoms with E-state index in [-0.39, 0.29) is 0 Å². The lowest BCUT2D eigenvalue weighted by Crippen LogP contribution is -2.09. The third kappa shape index (κ3) is 2.07. The number of hydrogen-bond donors (Lipinski definition) is 1. The normalized spacial score (nSPS) is 11.6. The van der Waals surface area contributed by atoms with Crippen LogP contribution in [0.2, 0.25) is 0 Å². The summed E-state index contributed by atoms with van der Waals surface area (Å²) < 4.78 is 25.5. The van der Waals surface area contributed by atoms with E-state index in [1.807, 2.05) is 18.2 Å². The molecule has 0 saturated carbocycles. The second kappa shape index (κ2) is 3.88. The summed E-state index contributed by atoms with van der Waals surface area (Å²) >= 11 is 1.25. The minimum Gasteiger partial charge on any atom is -0.298 e. The number of carbonyl (C=O) groups is 1. The average molecular weight is 255 g/mol. The second-order valence-electron chi connectivity index (χ2n) is 3.33. The number of rotatable bonds is 3. The number of nitrogens with one attached hydrogen (secondary N) is 1. The Morgan fingerprint density at radius 2 is 2.00 bits per heavy atom. The highest BCUT2D eigenvalue weighted by Gasteiger charge is 2.13. The summed E-state index contributed by atoms with van der Waals surface area (Å²) in [5.41, 5.74) is 0.394. The van der Waals surface area contributed by atoms with E-state index in [4.69, 9.17) is 0 Å². The predicted molar refractivity (Wildman–Crippen MR) is 65.7 cm³/mol. The molecule has 0 saturated heterocycles. The van der Waals surface area contributed by atoms with Crippen LogP contribution in [0.4, 0.5) is 5.00 Å². The van der Waals surface area contributed by atoms with Gasteiger partial charge in [0.25, 0.3) is 0 Å². The van der Waals surface area contributed by atoms with Crippen molar-refractivity contribution in [1.29, 1.82) is 0 Å². The van der Waals surface area contributed by atoms with Gasteiger partial charge in [-0.05, 0) is 6.07 Å². The molecule has 0 fully saturated rings. The molecular weight excluding hydrogens is 246 g/mol. The first-order valence-corrected chi connectivity index (χ1v) is 7.16. The molecule has 4 nitrogen and oxygen atoms in total. The molecule has 0 aliphatic carbocycles. The summed E-state index contributed by atoms with van der Waals surface area (Å²) in [5.74, 6) is 0. The highest BCUT2D eigenvalue weighted by atomic mass is 32.2. The fourth-order valence-electron chi connectivity index (χ4n) is 1.43. The second-order valence-corrected chi connectivity index (χ2v) is 6.13. The summed E-state index contributed by atoms with van der Waals surface area (Å²) in [4.78, 5) is 11.0. The molecule has 2 rings (SSSR count). The van der Waals surface area contributed by atoms with Crippen molar-refractivity contribution in [1.82, 2.24) is 0 Å². The van der Waals surface area contributed by atoms with Crippen LogP contribution in [0, 0.1) is 0 Å². The zero-order valence-electron chi connectivity index (χ0n) is 8.43.